The summed E-state index contributed by atoms with van der Waals surface area (Å²) in [4.78, 5) is 13.4. The summed E-state index contributed by atoms with van der Waals surface area (Å²) in [6.07, 6.45) is 1.30. The molecule has 1 saturated heterocycles. The van der Waals surface area contributed by atoms with E-state index in [1.54, 1.807) is 0 Å². The van der Waals surface area contributed by atoms with E-state index in [-0.39, 0.29) is 31.2 Å². The van der Waals surface area contributed by atoms with Crippen molar-refractivity contribution in [1.29, 1.82) is 0 Å². The van der Waals surface area contributed by atoms with Crippen molar-refractivity contribution in [2.24, 2.45) is 0 Å². The molecule has 2 aliphatic carbocycles. The quantitative estimate of drug-likeness (QED) is 0.663. The first kappa shape index (κ1) is 20.7. The third-order valence-corrected chi connectivity index (χ3v) is 7.05. The summed E-state index contributed by atoms with van der Waals surface area (Å²) in [5, 5.41) is 3.01. The van der Waals surface area contributed by atoms with E-state index in [0.29, 0.717) is 23.0 Å². The van der Waals surface area contributed by atoms with E-state index in [4.69, 9.17) is 0 Å². The Morgan fingerprint density at radius 2 is 1.90 bits per heavy atom. The van der Waals surface area contributed by atoms with Gasteiger partial charge in [-0.2, -0.15) is 4.98 Å². The number of nitrogens with one attached hydrogen (secondary N) is 2. The number of nitrogens with zero attached hydrogens (tertiary/aromatic N) is 4. The highest BCUT2D eigenvalue weighted by Crippen LogP contribution is 2.36. The lowest BCUT2D eigenvalue weighted by atomic mass is 9.93. The highest BCUT2D eigenvalue weighted by Gasteiger charge is 2.37. The molecule has 2 N–H and O–H groups in total. The summed E-state index contributed by atoms with van der Waals surface area (Å²) in [7, 11) is -1.34. The molecule has 1 saturated carbocycles. The van der Waals surface area contributed by atoms with E-state index >= 15 is 0 Å². The fourth-order valence-corrected chi connectivity index (χ4v) is 4.90. The van der Waals surface area contributed by atoms with Crippen LogP contribution in [0.4, 0.5) is 20.5 Å². The number of aromatic nitrogens is 2. The third-order valence-electron chi connectivity index (χ3n) is 5.62. The predicted molar refractivity (Wildman–Crippen MR) is 107 cm³/mol. The van der Waals surface area contributed by atoms with Gasteiger partial charge in [0, 0.05) is 57.2 Å². The Bertz CT molecular complexity index is 854. The van der Waals surface area contributed by atoms with Crippen molar-refractivity contribution >= 4 is 21.8 Å². The van der Waals surface area contributed by atoms with Crippen LogP contribution in [0.15, 0.2) is 0 Å². The molecule has 0 spiro atoms. The van der Waals surface area contributed by atoms with Crippen molar-refractivity contribution < 1.29 is 17.2 Å². The van der Waals surface area contributed by atoms with E-state index in [1.165, 1.54) is 0 Å². The fourth-order valence-electron chi connectivity index (χ4n) is 3.67. The van der Waals surface area contributed by atoms with E-state index in [2.05, 4.69) is 36.9 Å². The molecule has 1 aromatic heterocycles. The molecule has 29 heavy (non-hydrogen) atoms. The van der Waals surface area contributed by atoms with Crippen LogP contribution in [-0.4, -0.2) is 80.8 Å². The van der Waals surface area contributed by atoms with Crippen molar-refractivity contribution in [3.63, 3.8) is 0 Å². The van der Waals surface area contributed by atoms with E-state index < -0.39 is 22.4 Å². The Kier molecular flexibility index (Phi) is 5.64. The number of sulfonamides is 1. The first-order valence-corrected chi connectivity index (χ1v) is 11.8. The second-order valence-electron chi connectivity index (χ2n) is 8.26. The number of aryl methyl sites for hydroxylation is 1. The monoisotopic (exact) mass is 430 g/mol. The molecule has 8 nitrogen and oxygen atoms in total. The SMILES string of the molecule is CN1CCN(c2nc3c(c(NCCS(=O)(=O)NC4CC4)n2)CC(F)(F)CC3)CC1. The average molecular weight is 431 g/mol. The van der Waals surface area contributed by atoms with Gasteiger partial charge >= 0.3 is 0 Å². The summed E-state index contributed by atoms with van der Waals surface area (Å²) < 4.78 is 54.8. The molecule has 1 aromatic rings. The number of piperazine rings is 1. The van der Waals surface area contributed by atoms with Crippen LogP contribution in [-0.2, 0) is 22.9 Å². The highest BCUT2D eigenvalue weighted by atomic mass is 32.2. The summed E-state index contributed by atoms with van der Waals surface area (Å²) in [6.45, 7) is 3.41. The molecule has 1 aliphatic heterocycles. The van der Waals surface area contributed by atoms with Gasteiger partial charge in [0.05, 0.1) is 11.4 Å². The number of fused-ring (bicyclic) bond motifs is 1. The molecule has 0 unspecified atom stereocenters. The maximum atomic E-state index is 14.0. The molecule has 2 heterocycles. The standard InChI is InChI=1S/C18H28F2N6O2S/c1-25-7-9-26(10-8-25)17-22-15-4-5-18(19,20)12-14(15)16(23-17)21-6-11-29(27,28)24-13-2-3-13/h13,24H,2-12H2,1H3,(H,21,22,23). The number of anilines is 2. The van der Waals surface area contributed by atoms with Gasteiger partial charge < -0.3 is 15.1 Å². The number of hydrogen-bond acceptors (Lipinski definition) is 7. The summed E-state index contributed by atoms with van der Waals surface area (Å²) in [5.74, 6) is -2.04. The molecule has 11 heteroatoms. The average Bonchev–Trinajstić information content (AvgIpc) is 3.45. The van der Waals surface area contributed by atoms with Gasteiger partial charge in [-0.15, -0.1) is 0 Å². The zero-order chi connectivity index (χ0) is 20.6. The molecule has 0 bridgehead atoms. The lowest BCUT2D eigenvalue weighted by molar-refractivity contribution is -0.0127. The topological polar surface area (TPSA) is 90.5 Å². The molecule has 4 rings (SSSR count). The molecular weight excluding hydrogens is 402 g/mol. The molecule has 0 radical (unpaired) electrons. The molecular formula is C18H28F2N6O2S. The Labute approximate surface area is 170 Å². The normalized spacial score (nSPS) is 22.4. The van der Waals surface area contributed by atoms with Crippen LogP contribution in [0.2, 0.25) is 0 Å². The predicted octanol–water partition coefficient (Wildman–Crippen LogP) is 0.846. The number of likely N-dealkylation sites (N-methyl/N-ethyl adjacent to an activating group) is 1. The summed E-state index contributed by atoms with van der Waals surface area (Å²) in [6, 6.07) is 0.0503. The lowest BCUT2D eigenvalue weighted by Crippen LogP contribution is -2.45. The van der Waals surface area contributed by atoms with Gasteiger partial charge in [0.1, 0.15) is 5.82 Å². The van der Waals surface area contributed by atoms with E-state index in [1.807, 2.05) is 0 Å². The van der Waals surface area contributed by atoms with Gasteiger partial charge in [-0.25, -0.2) is 26.9 Å². The largest absolute Gasteiger partial charge is 0.369 e. The third kappa shape index (κ3) is 5.32. The Balaban J connectivity index is 1.52. The molecule has 3 aliphatic rings. The Morgan fingerprint density at radius 3 is 2.59 bits per heavy atom. The van der Waals surface area contributed by atoms with Gasteiger partial charge in [0.15, 0.2) is 0 Å². The maximum Gasteiger partial charge on any atom is 0.252 e. The molecule has 0 atom stereocenters. The number of alkyl halides is 2. The second kappa shape index (κ2) is 7.92. The van der Waals surface area contributed by atoms with Crippen LogP contribution < -0.4 is 14.9 Å². The van der Waals surface area contributed by atoms with Crippen LogP contribution in [0.25, 0.3) is 0 Å². The van der Waals surface area contributed by atoms with Crippen molar-refractivity contribution in [3.05, 3.63) is 11.3 Å². The molecule has 2 fully saturated rings. The maximum absolute atomic E-state index is 14.0. The van der Waals surface area contributed by atoms with E-state index in [9.17, 15) is 17.2 Å². The molecule has 0 aromatic carbocycles. The smallest absolute Gasteiger partial charge is 0.252 e. The number of halogens is 2. The van der Waals surface area contributed by atoms with Gasteiger partial charge in [0.2, 0.25) is 16.0 Å². The van der Waals surface area contributed by atoms with Gasteiger partial charge in [0.25, 0.3) is 5.92 Å². The van der Waals surface area contributed by atoms with Crippen LogP contribution in [0, 0.1) is 0 Å². The minimum atomic E-state index is -3.39. The minimum Gasteiger partial charge on any atom is -0.369 e. The van der Waals surface area contributed by atoms with Gasteiger partial charge in [-0.05, 0) is 26.3 Å². The van der Waals surface area contributed by atoms with Crippen molar-refractivity contribution in [2.75, 3.05) is 55.7 Å². The summed E-state index contributed by atoms with van der Waals surface area (Å²) >= 11 is 0. The van der Waals surface area contributed by atoms with E-state index in [0.717, 1.165) is 39.0 Å². The van der Waals surface area contributed by atoms with Gasteiger partial charge in [-0.1, -0.05) is 0 Å². The number of hydrogen-bond donors (Lipinski definition) is 2. The van der Waals surface area contributed by atoms with Crippen LogP contribution in [0.3, 0.4) is 0 Å². The van der Waals surface area contributed by atoms with Crippen molar-refractivity contribution in [1.82, 2.24) is 19.6 Å². The fraction of sp³-hybridized carbons (Fsp3) is 0.778. The summed E-state index contributed by atoms with van der Waals surface area (Å²) in [5.41, 5.74) is 1.05. The Hall–Kier alpha value is -1.59. The van der Waals surface area contributed by atoms with Crippen molar-refractivity contribution in [2.45, 2.75) is 44.1 Å². The van der Waals surface area contributed by atoms with Crippen LogP contribution >= 0.6 is 0 Å². The first-order valence-electron chi connectivity index (χ1n) is 10.2. The zero-order valence-electron chi connectivity index (χ0n) is 16.6. The second-order valence-corrected chi connectivity index (χ2v) is 10.1. The van der Waals surface area contributed by atoms with Crippen molar-refractivity contribution in [3.8, 4) is 0 Å². The highest BCUT2D eigenvalue weighted by molar-refractivity contribution is 7.89. The number of rotatable bonds is 7. The minimum absolute atomic E-state index is 0.0503. The first-order chi connectivity index (χ1) is 13.7. The lowest BCUT2D eigenvalue weighted by Gasteiger charge is -2.34. The van der Waals surface area contributed by atoms with Crippen LogP contribution in [0.5, 0.6) is 0 Å². The van der Waals surface area contributed by atoms with Crippen LogP contribution in [0.1, 0.15) is 30.5 Å². The van der Waals surface area contributed by atoms with Gasteiger partial charge in [-0.3, -0.25) is 0 Å². The molecule has 162 valence electrons. The molecule has 0 amide bonds. The zero-order valence-corrected chi connectivity index (χ0v) is 17.4. The Morgan fingerprint density at radius 1 is 1.17 bits per heavy atom.